The molecule has 0 amide bonds. The minimum atomic E-state index is -0.534. The fourth-order valence-corrected chi connectivity index (χ4v) is 3.22. The molecule has 6 heteroatoms. The van der Waals surface area contributed by atoms with Crippen molar-refractivity contribution in [3.05, 3.63) is 92.2 Å². The van der Waals surface area contributed by atoms with Gasteiger partial charge in [-0.15, -0.1) is 0 Å². The molecular weight excluding hydrogens is 374 g/mol. The van der Waals surface area contributed by atoms with E-state index in [0.717, 1.165) is 5.56 Å². The molecular formula is C22H18ClN3O2. The van der Waals surface area contributed by atoms with Crippen molar-refractivity contribution >= 4 is 23.5 Å². The van der Waals surface area contributed by atoms with Crippen LogP contribution in [-0.4, -0.2) is 15.9 Å². The van der Waals surface area contributed by atoms with Crippen LogP contribution in [0.25, 0.3) is 0 Å². The van der Waals surface area contributed by atoms with Crippen molar-refractivity contribution in [1.82, 2.24) is 4.57 Å². The summed E-state index contributed by atoms with van der Waals surface area (Å²) in [5, 5.41) is 20.9. The zero-order chi connectivity index (χ0) is 20.3. The van der Waals surface area contributed by atoms with Gasteiger partial charge in [0.15, 0.2) is 0 Å². The fourth-order valence-electron chi connectivity index (χ4n) is 3.03. The summed E-state index contributed by atoms with van der Waals surface area (Å²) >= 11 is 5.98. The number of aliphatic imine (C=N–C) groups is 1. The van der Waals surface area contributed by atoms with E-state index >= 15 is 0 Å². The van der Waals surface area contributed by atoms with Gasteiger partial charge in [0.05, 0.1) is 17.3 Å². The monoisotopic (exact) mass is 391 g/mol. The maximum absolute atomic E-state index is 12.8. The first-order valence-corrected chi connectivity index (χ1v) is 9.04. The van der Waals surface area contributed by atoms with E-state index in [9.17, 15) is 15.2 Å². The van der Waals surface area contributed by atoms with Gasteiger partial charge in [-0.25, -0.2) is 0 Å². The highest BCUT2D eigenvalue weighted by molar-refractivity contribution is 6.30. The van der Waals surface area contributed by atoms with Crippen LogP contribution in [0.2, 0.25) is 5.02 Å². The smallest absolute Gasteiger partial charge is 0.272 e. The van der Waals surface area contributed by atoms with Crippen molar-refractivity contribution in [2.75, 3.05) is 0 Å². The largest absolute Gasteiger partial charge is 0.494 e. The van der Waals surface area contributed by atoms with Crippen molar-refractivity contribution in [2.24, 2.45) is 4.99 Å². The molecule has 140 valence electrons. The summed E-state index contributed by atoms with van der Waals surface area (Å²) in [6.45, 7) is 3.42. The molecule has 5 nitrogen and oxygen atoms in total. The van der Waals surface area contributed by atoms with E-state index < -0.39 is 11.6 Å². The number of nitrogens with zero attached hydrogens (tertiary/aromatic N) is 3. The van der Waals surface area contributed by atoms with Crippen LogP contribution in [0.1, 0.15) is 35.2 Å². The lowest BCUT2D eigenvalue weighted by molar-refractivity contribution is 0.393. The van der Waals surface area contributed by atoms with E-state index in [1.165, 1.54) is 10.8 Å². The molecule has 1 unspecified atom stereocenters. The Kier molecular flexibility index (Phi) is 5.62. The van der Waals surface area contributed by atoms with Crippen LogP contribution in [0.4, 0.5) is 5.69 Å². The maximum Gasteiger partial charge on any atom is 0.272 e. The van der Waals surface area contributed by atoms with E-state index in [2.05, 4.69) is 4.99 Å². The molecule has 3 aromatic rings. The summed E-state index contributed by atoms with van der Waals surface area (Å²) in [6.07, 6.45) is 1.45. The lowest BCUT2D eigenvalue weighted by atomic mass is 10.0. The lowest BCUT2D eigenvalue weighted by Gasteiger charge is -2.20. The minimum Gasteiger partial charge on any atom is -0.494 e. The Morgan fingerprint density at radius 2 is 1.93 bits per heavy atom. The van der Waals surface area contributed by atoms with Crippen LogP contribution >= 0.6 is 11.6 Å². The SMILES string of the molecule is Cc1c(C=Nc2cccc(Cl)c2)c(O)n(C(C)c2ccccc2)c(=O)c1C#N. The first-order valence-electron chi connectivity index (χ1n) is 8.66. The average molecular weight is 392 g/mol. The van der Waals surface area contributed by atoms with Gasteiger partial charge in [0.2, 0.25) is 5.88 Å². The number of halogens is 1. The van der Waals surface area contributed by atoms with Gasteiger partial charge in [-0.2, -0.15) is 5.26 Å². The minimum absolute atomic E-state index is 0.0203. The fraction of sp³-hybridized carbons (Fsp3) is 0.136. The maximum atomic E-state index is 12.8. The Bertz CT molecular complexity index is 1140. The number of hydrogen-bond acceptors (Lipinski definition) is 4. The van der Waals surface area contributed by atoms with Gasteiger partial charge in [0.1, 0.15) is 11.6 Å². The summed E-state index contributed by atoms with van der Waals surface area (Å²) in [6, 6.07) is 17.8. The van der Waals surface area contributed by atoms with Gasteiger partial charge in [-0.05, 0) is 43.2 Å². The number of hydrogen-bond donors (Lipinski definition) is 1. The lowest BCUT2D eigenvalue weighted by Crippen LogP contribution is -2.28. The molecule has 1 atom stereocenters. The van der Waals surface area contributed by atoms with E-state index in [1.54, 1.807) is 38.1 Å². The van der Waals surface area contributed by atoms with Gasteiger partial charge >= 0.3 is 0 Å². The molecule has 28 heavy (non-hydrogen) atoms. The molecule has 1 aromatic heterocycles. The Morgan fingerprint density at radius 3 is 2.57 bits per heavy atom. The van der Waals surface area contributed by atoms with Crippen LogP contribution in [-0.2, 0) is 0 Å². The molecule has 1 heterocycles. The van der Waals surface area contributed by atoms with Crippen molar-refractivity contribution in [1.29, 1.82) is 5.26 Å². The summed E-state index contributed by atoms with van der Waals surface area (Å²) in [7, 11) is 0. The predicted octanol–water partition coefficient (Wildman–Crippen LogP) is 4.75. The quantitative estimate of drug-likeness (QED) is 0.652. The van der Waals surface area contributed by atoms with Crippen LogP contribution in [0.15, 0.2) is 64.4 Å². The third-order valence-corrected chi connectivity index (χ3v) is 4.85. The molecule has 0 spiro atoms. The van der Waals surface area contributed by atoms with Gasteiger partial charge in [-0.3, -0.25) is 14.4 Å². The summed E-state index contributed by atoms with van der Waals surface area (Å²) in [4.78, 5) is 17.2. The summed E-state index contributed by atoms with van der Waals surface area (Å²) in [5.74, 6) is -0.233. The molecule has 0 fully saturated rings. The molecule has 1 N–H and O–H groups in total. The third-order valence-electron chi connectivity index (χ3n) is 4.61. The number of benzene rings is 2. The number of aromatic nitrogens is 1. The third kappa shape index (κ3) is 3.68. The normalized spacial score (nSPS) is 12.1. The zero-order valence-corrected chi connectivity index (χ0v) is 16.2. The topological polar surface area (TPSA) is 78.4 Å². The van der Waals surface area contributed by atoms with E-state index in [4.69, 9.17) is 11.6 Å². The molecule has 0 saturated carbocycles. The second-order valence-corrected chi connectivity index (χ2v) is 6.79. The van der Waals surface area contributed by atoms with Crippen LogP contribution in [0, 0.1) is 18.3 Å². The van der Waals surface area contributed by atoms with Gasteiger partial charge in [0, 0.05) is 11.2 Å². The second kappa shape index (κ2) is 8.12. The van der Waals surface area contributed by atoms with E-state index in [-0.39, 0.29) is 11.4 Å². The Balaban J connectivity index is 2.18. The van der Waals surface area contributed by atoms with Crippen LogP contribution in [0.3, 0.4) is 0 Å². The highest BCUT2D eigenvalue weighted by Gasteiger charge is 2.22. The molecule has 0 radical (unpaired) electrons. The van der Waals surface area contributed by atoms with E-state index in [1.807, 2.05) is 36.4 Å². The van der Waals surface area contributed by atoms with Crippen molar-refractivity contribution in [3.8, 4) is 11.9 Å². The zero-order valence-electron chi connectivity index (χ0n) is 15.4. The number of rotatable bonds is 4. The summed E-state index contributed by atoms with van der Waals surface area (Å²) in [5.41, 5.74) is 1.58. The predicted molar refractivity (Wildman–Crippen MR) is 111 cm³/mol. The highest BCUT2D eigenvalue weighted by atomic mass is 35.5. The van der Waals surface area contributed by atoms with Crippen molar-refractivity contribution < 1.29 is 5.11 Å². The molecule has 0 aliphatic rings. The molecule has 3 rings (SSSR count). The molecule has 0 aliphatic heterocycles. The van der Waals surface area contributed by atoms with Gasteiger partial charge < -0.3 is 5.11 Å². The number of nitriles is 1. The number of pyridine rings is 1. The molecule has 2 aromatic carbocycles. The first kappa shape index (κ1) is 19.4. The molecule has 0 saturated heterocycles. The standard InChI is InChI=1S/C22H18ClN3O2/c1-14-19(12-24)21(27)26(15(2)16-7-4-3-5-8-16)22(28)20(14)13-25-18-10-6-9-17(23)11-18/h3-11,13,15,28H,1-2H3. The molecule has 0 bridgehead atoms. The van der Waals surface area contributed by atoms with Crippen molar-refractivity contribution in [2.45, 2.75) is 19.9 Å². The Labute approximate surface area is 167 Å². The molecule has 0 aliphatic carbocycles. The van der Waals surface area contributed by atoms with Crippen LogP contribution < -0.4 is 5.56 Å². The summed E-state index contributed by atoms with van der Waals surface area (Å²) < 4.78 is 1.22. The van der Waals surface area contributed by atoms with Gasteiger partial charge in [-0.1, -0.05) is 48.0 Å². The Hall–Kier alpha value is -3.36. The second-order valence-electron chi connectivity index (χ2n) is 6.35. The van der Waals surface area contributed by atoms with Gasteiger partial charge in [0.25, 0.3) is 5.56 Å². The van der Waals surface area contributed by atoms with Crippen molar-refractivity contribution in [3.63, 3.8) is 0 Å². The first-order chi connectivity index (χ1) is 13.4. The van der Waals surface area contributed by atoms with E-state index in [0.29, 0.717) is 21.8 Å². The highest BCUT2D eigenvalue weighted by Crippen LogP contribution is 2.27. The van der Waals surface area contributed by atoms with Crippen LogP contribution in [0.5, 0.6) is 5.88 Å². The Morgan fingerprint density at radius 1 is 1.21 bits per heavy atom. The average Bonchev–Trinajstić information content (AvgIpc) is 2.69. The number of aromatic hydroxyl groups is 1.